The molecule has 0 saturated carbocycles. The molecule has 0 bridgehead atoms. The highest BCUT2D eigenvalue weighted by Gasteiger charge is 2.02. The number of benzene rings is 1. The van der Waals surface area contributed by atoms with Crippen molar-refractivity contribution in [2.75, 3.05) is 0 Å². The molecule has 54 valence electrons. The van der Waals surface area contributed by atoms with E-state index in [9.17, 15) is 4.39 Å². The largest absolute Gasteiger partial charge is 0.207 e. The van der Waals surface area contributed by atoms with Crippen LogP contribution in [0.4, 0.5) is 4.39 Å². The number of rotatable bonds is 0. The first-order chi connectivity index (χ1) is 4.61. The molecule has 0 unspecified atom stereocenters. The van der Waals surface area contributed by atoms with Crippen LogP contribution in [0.2, 0.25) is 0 Å². The summed E-state index contributed by atoms with van der Waals surface area (Å²) < 4.78 is 14.2. The van der Waals surface area contributed by atoms with Gasteiger partial charge >= 0.3 is 0 Å². The lowest BCUT2D eigenvalue weighted by Gasteiger charge is -1.98. The predicted molar refractivity (Wildman–Crippen MR) is 54.1 cm³/mol. The number of thiol groups is 1. The molecule has 0 nitrogen and oxygen atoms in total. The zero-order valence-corrected chi connectivity index (χ0v) is 9.37. The molecule has 0 spiro atoms. The molecule has 0 fully saturated rings. The normalized spacial score (nSPS) is 10.0. The van der Waals surface area contributed by atoms with Gasteiger partial charge in [-0.15, -0.1) is 12.6 Å². The molecule has 4 heteroatoms. The van der Waals surface area contributed by atoms with Crippen LogP contribution in [0.25, 0.3) is 0 Å². The van der Waals surface area contributed by atoms with Crippen molar-refractivity contribution < 1.29 is 4.39 Å². The Bertz CT molecular complexity index is 241. The van der Waals surface area contributed by atoms with E-state index in [1.165, 1.54) is 12.1 Å². The topological polar surface area (TPSA) is 0 Å². The molecule has 0 N–H and O–H groups in total. The molecule has 10 heavy (non-hydrogen) atoms. The van der Waals surface area contributed by atoms with E-state index in [4.69, 9.17) is 0 Å². The van der Waals surface area contributed by atoms with Gasteiger partial charge in [-0.2, -0.15) is 0 Å². The molecular formula is C6H3BrFIS. The highest BCUT2D eigenvalue weighted by Crippen LogP contribution is 2.26. The summed E-state index contributed by atoms with van der Waals surface area (Å²) in [6.45, 7) is 0. The second kappa shape index (κ2) is 3.40. The summed E-state index contributed by atoms with van der Waals surface area (Å²) >= 11 is 9.36. The molecule has 1 aromatic carbocycles. The minimum atomic E-state index is -0.266. The fraction of sp³-hybridized carbons (Fsp3) is 0. The van der Waals surface area contributed by atoms with Gasteiger partial charge in [-0.05, 0) is 50.7 Å². The van der Waals surface area contributed by atoms with E-state index in [1.807, 2.05) is 0 Å². The standard InChI is InChI=1S/C6H3BrFIS/c7-4-1-3(8)2-5(10)6(4)9/h1-2,10H. The lowest BCUT2D eigenvalue weighted by Crippen LogP contribution is -1.81. The number of hydrogen-bond acceptors (Lipinski definition) is 1. The lowest BCUT2D eigenvalue weighted by atomic mass is 10.3. The molecular weight excluding hydrogens is 330 g/mol. The van der Waals surface area contributed by atoms with E-state index in [1.54, 1.807) is 0 Å². The van der Waals surface area contributed by atoms with Gasteiger partial charge in [0, 0.05) is 12.9 Å². The smallest absolute Gasteiger partial charge is 0.125 e. The van der Waals surface area contributed by atoms with Crippen molar-refractivity contribution in [3.05, 3.63) is 26.0 Å². The second-order valence-corrected chi connectivity index (χ2v) is 4.14. The van der Waals surface area contributed by atoms with Crippen LogP contribution in [0.1, 0.15) is 0 Å². The molecule has 0 aliphatic carbocycles. The minimum Gasteiger partial charge on any atom is -0.207 e. The Morgan fingerprint density at radius 1 is 1.50 bits per heavy atom. The van der Waals surface area contributed by atoms with E-state index >= 15 is 0 Å². The molecule has 0 aliphatic heterocycles. The van der Waals surface area contributed by atoms with Gasteiger partial charge in [0.05, 0.1) is 0 Å². The molecule has 0 aliphatic rings. The number of hydrogen-bond donors (Lipinski definition) is 1. The summed E-state index contributed by atoms with van der Waals surface area (Å²) in [5, 5.41) is 0. The van der Waals surface area contributed by atoms with Crippen molar-refractivity contribution in [2.24, 2.45) is 0 Å². The van der Waals surface area contributed by atoms with Crippen LogP contribution in [-0.2, 0) is 0 Å². The molecule has 0 radical (unpaired) electrons. The van der Waals surface area contributed by atoms with Crippen LogP contribution < -0.4 is 0 Å². The maximum Gasteiger partial charge on any atom is 0.125 e. The van der Waals surface area contributed by atoms with Crippen LogP contribution in [0, 0.1) is 9.39 Å². The van der Waals surface area contributed by atoms with Crippen molar-refractivity contribution >= 4 is 51.1 Å². The van der Waals surface area contributed by atoms with Gasteiger partial charge < -0.3 is 0 Å². The average molecular weight is 333 g/mol. The van der Waals surface area contributed by atoms with E-state index < -0.39 is 0 Å². The third-order valence-corrected chi connectivity index (χ3v) is 4.28. The first kappa shape index (κ1) is 8.80. The summed E-state index contributed by atoms with van der Waals surface area (Å²) in [7, 11) is 0. The van der Waals surface area contributed by atoms with Crippen molar-refractivity contribution in [1.29, 1.82) is 0 Å². The Balaban J connectivity index is 3.31. The van der Waals surface area contributed by atoms with E-state index in [0.717, 1.165) is 8.04 Å². The van der Waals surface area contributed by atoms with E-state index in [0.29, 0.717) is 4.90 Å². The summed E-state index contributed by atoms with van der Waals surface area (Å²) in [5.74, 6) is -0.266. The third-order valence-electron chi connectivity index (χ3n) is 0.974. The Morgan fingerprint density at radius 2 is 2.10 bits per heavy atom. The molecule has 0 atom stereocenters. The van der Waals surface area contributed by atoms with Crippen molar-refractivity contribution in [1.82, 2.24) is 0 Å². The fourth-order valence-corrected chi connectivity index (χ4v) is 1.68. The average Bonchev–Trinajstić information content (AvgIpc) is 1.82. The van der Waals surface area contributed by atoms with Crippen LogP contribution in [0.5, 0.6) is 0 Å². The van der Waals surface area contributed by atoms with Crippen molar-refractivity contribution in [3.63, 3.8) is 0 Å². The number of halogens is 3. The molecule has 0 aromatic heterocycles. The van der Waals surface area contributed by atoms with Crippen LogP contribution in [-0.4, -0.2) is 0 Å². The summed E-state index contributed by atoms with van der Waals surface area (Å²) in [4.78, 5) is 0.660. The van der Waals surface area contributed by atoms with Crippen molar-refractivity contribution in [2.45, 2.75) is 4.90 Å². The Labute approximate surface area is 85.9 Å². The van der Waals surface area contributed by atoms with Gasteiger partial charge in [0.2, 0.25) is 0 Å². The van der Waals surface area contributed by atoms with Gasteiger partial charge in [0.25, 0.3) is 0 Å². The predicted octanol–water partition coefficient (Wildman–Crippen LogP) is 3.48. The molecule has 0 amide bonds. The Morgan fingerprint density at radius 3 is 2.60 bits per heavy atom. The van der Waals surface area contributed by atoms with E-state index in [-0.39, 0.29) is 5.82 Å². The van der Waals surface area contributed by atoms with Gasteiger partial charge in [-0.25, -0.2) is 4.39 Å². The minimum absolute atomic E-state index is 0.266. The molecule has 0 heterocycles. The maximum atomic E-state index is 12.5. The molecule has 1 rings (SSSR count). The van der Waals surface area contributed by atoms with Crippen LogP contribution in [0.3, 0.4) is 0 Å². The Hall–Kier alpha value is 0.710. The second-order valence-electron chi connectivity index (χ2n) is 1.72. The first-order valence-corrected chi connectivity index (χ1v) is 4.76. The summed E-state index contributed by atoms with van der Waals surface area (Å²) in [5.41, 5.74) is 0. The van der Waals surface area contributed by atoms with Gasteiger partial charge in [0.15, 0.2) is 0 Å². The fourth-order valence-electron chi connectivity index (χ4n) is 0.542. The van der Waals surface area contributed by atoms with Crippen molar-refractivity contribution in [3.8, 4) is 0 Å². The lowest BCUT2D eigenvalue weighted by molar-refractivity contribution is 0.622. The molecule has 0 saturated heterocycles. The highest BCUT2D eigenvalue weighted by molar-refractivity contribution is 14.1. The van der Waals surface area contributed by atoms with Gasteiger partial charge in [0.1, 0.15) is 5.82 Å². The summed E-state index contributed by atoms with van der Waals surface area (Å²) in [6.07, 6.45) is 0. The highest BCUT2D eigenvalue weighted by atomic mass is 127. The summed E-state index contributed by atoms with van der Waals surface area (Å²) in [6, 6.07) is 2.80. The monoisotopic (exact) mass is 332 g/mol. The SMILES string of the molecule is Fc1cc(S)c(I)c(Br)c1. The third kappa shape index (κ3) is 1.85. The van der Waals surface area contributed by atoms with Gasteiger partial charge in [-0.3, -0.25) is 0 Å². The maximum absolute atomic E-state index is 12.5. The molecule has 1 aromatic rings. The zero-order valence-electron chi connectivity index (χ0n) is 4.74. The zero-order chi connectivity index (χ0) is 7.72. The quantitative estimate of drug-likeness (QED) is 0.420. The van der Waals surface area contributed by atoms with Crippen LogP contribution >= 0.6 is 51.1 Å². The van der Waals surface area contributed by atoms with Gasteiger partial charge in [-0.1, -0.05) is 0 Å². The van der Waals surface area contributed by atoms with Crippen LogP contribution in [0.15, 0.2) is 21.5 Å². The Kier molecular flexibility index (Phi) is 3.00. The van der Waals surface area contributed by atoms with E-state index in [2.05, 4.69) is 51.1 Å². The first-order valence-electron chi connectivity index (χ1n) is 2.45.